The zero-order chi connectivity index (χ0) is 16.4. The molecule has 124 valence electrons. The van der Waals surface area contributed by atoms with E-state index in [1.165, 1.54) is 4.31 Å². The number of aromatic nitrogens is 2. The van der Waals surface area contributed by atoms with Gasteiger partial charge in [0.15, 0.2) is 0 Å². The minimum Gasteiger partial charge on any atom is -0.384 e. The SMILES string of the molecule is CCn1cc2c(n1)[C@H](COC)CN(S(=O)(=O)c1ccccc1)C2. The summed E-state index contributed by atoms with van der Waals surface area (Å²) >= 11 is 0. The van der Waals surface area contributed by atoms with Crippen molar-refractivity contribution in [2.24, 2.45) is 0 Å². The molecule has 1 aliphatic rings. The summed E-state index contributed by atoms with van der Waals surface area (Å²) in [6, 6.07) is 8.55. The summed E-state index contributed by atoms with van der Waals surface area (Å²) < 4.78 is 34.4. The van der Waals surface area contributed by atoms with Crippen molar-refractivity contribution >= 4 is 10.0 Å². The monoisotopic (exact) mass is 335 g/mol. The Morgan fingerprint density at radius 3 is 2.70 bits per heavy atom. The van der Waals surface area contributed by atoms with E-state index >= 15 is 0 Å². The van der Waals surface area contributed by atoms with Crippen LogP contribution in [0.5, 0.6) is 0 Å². The van der Waals surface area contributed by atoms with Crippen molar-refractivity contribution in [1.82, 2.24) is 14.1 Å². The van der Waals surface area contributed by atoms with Crippen LogP contribution >= 0.6 is 0 Å². The van der Waals surface area contributed by atoms with Crippen LogP contribution in [0, 0.1) is 0 Å². The lowest BCUT2D eigenvalue weighted by atomic mass is 9.99. The highest BCUT2D eigenvalue weighted by Crippen LogP contribution is 2.31. The van der Waals surface area contributed by atoms with Gasteiger partial charge in [0.2, 0.25) is 10.0 Å². The van der Waals surface area contributed by atoms with Crippen molar-refractivity contribution in [2.75, 3.05) is 20.3 Å². The molecule has 23 heavy (non-hydrogen) atoms. The average Bonchev–Trinajstić information content (AvgIpc) is 2.99. The van der Waals surface area contributed by atoms with Gasteiger partial charge in [-0.25, -0.2) is 8.42 Å². The van der Waals surface area contributed by atoms with Crippen LogP contribution in [-0.4, -0.2) is 42.8 Å². The van der Waals surface area contributed by atoms with Gasteiger partial charge < -0.3 is 4.74 Å². The number of benzene rings is 1. The molecule has 0 saturated carbocycles. The Kier molecular flexibility index (Phi) is 4.52. The zero-order valence-electron chi connectivity index (χ0n) is 13.3. The minimum atomic E-state index is -3.51. The normalized spacial score (nSPS) is 18.8. The second-order valence-electron chi connectivity index (χ2n) is 5.66. The highest BCUT2D eigenvalue weighted by Gasteiger charge is 2.35. The van der Waals surface area contributed by atoms with Crippen LogP contribution in [-0.2, 0) is 27.8 Å². The van der Waals surface area contributed by atoms with Crippen LogP contribution in [0.1, 0.15) is 24.1 Å². The zero-order valence-corrected chi connectivity index (χ0v) is 14.2. The second kappa shape index (κ2) is 6.43. The van der Waals surface area contributed by atoms with Crippen LogP contribution in [0.4, 0.5) is 0 Å². The van der Waals surface area contributed by atoms with Gasteiger partial charge in [0.1, 0.15) is 0 Å². The van der Waals surface area contributed by atoms with Crippen molar-refractivity contribution in [3.8, 4) is 0 Å². The molecule has 0 radical (unpaired) electrons. The molecule has 1 atom stereocenters. The lowest BCUT2D eigenvalue weighted by Gasteiger charge is -2.30. The number of fused-ring (bicyclic) bond motifs is 1. The first kappa shape index (κ1) is 16.2. The molecule has 0 amide bonds. The van der Waals surface area contributed by atoms with Crippen molar-refractivity contribution < 1.29 is 13.2 Å². The number of hydrogen-bond acceptors (Lipinski definition) is 4. The smallest absolute Gasteiger partial charge is 0.243 e. The van der Waals surface area contributed by atoms with Crippen LogP contribution in [0.2, 0.25) is 0 Å². The summed E-state index contributed by atoms with van der Waals surface area (Å²) in [6.45, 7) is 3.97. The Labute approximate surface area is 136 Å². The van der Waals surface area contributed by atoms with Crippen LogP contribution in [0.15, 0.2) is 41.4 Å². The van der Waals surface area contributed by atoms with Gasteiger partial charge in [0.25, 0.3) is 0 Å². The third-order valence-electron chi connectivity index (χ3n) is 4.10. The van der Waals surface area contributed by atoms with Gasteiger partial charge in [-0.1, -0.05) is 18.2 Å². The van der Waals surface area contributed by atoms with Crippen LogP contribution in [0.3, 0.4) is 0 Å². The molecule has 0 bridgehead atoms. The second-order valence-corrected chi connectivity index (χ2v) is 7.60. The fourth-order valence-electron chi connectivity index (χ4n) is 2.95. The fraction of sp³-hybridized carbons (Fsp3) is 0.438. The number of sulfonamides is 1. The summed E-state index contributed by atoms with van der Waals surface area (Å²) in [7, 11) is -1.89. The molecule has 0 saturated heterocycles. The van der Waals surface area contributed by atoms with Gasteiger partial charge in [-0.15, -0.1) is 0 Å². The van der Waals surface area contributed by atoms with E-state index in [9.17, 15) is 8.42 Å². The van der Waals surface area contributed by atoms with Crippen LogP contribution in [0.25, 0.3) is 0 Å². The minimum absolute atomic E-state index is 0.0463. The Morgan fingerprint density at radius 2 is 2.04 bits per heavy atom. The topological polar surface area (TPSA) is 64.4 Å². The molecule has 2 aromatic rings. The molecular weight excluding hydrogens is 314 g/mol. The number of nitrogens with zero attached hydrogens (tertiary/aromatic N) is 3. The average molecular weight is 335 g/mol. The van der Waals surface area contributed by atoms with E-state index in [4.69, 9.17) is 4.74 Å². The summed E-state index contributed by atoms with van der Waals surface area (Å²) in [5.74, 6) is -0.0463. The first-order valence-electron chi connectivity index (χ1n) is 7.66. The standard InChI is InChI=1S/C16H21N3O3S/c1-3-18-9-13-10-19(11-14(12-22-2)16(13)17-18)23(20,21)15-7-5-4-6-8-15/h4-9,14H,3,10-12H2,1-2H3/t14-/m0/s1. The first-order chi connectivity index (χ1) is 11.1. The first-order valence-corrected chi connectivity index (χ1v) is 9.10. The molecule has 1 aromatic carbocycles. The number of ether oxygens (including phenoxy) is 1. The van der Waals surface area contributed by atoms with Gasteiger partial charge in [-0.05, 0) is 19.1 Å². The molecule has 0 N–H and O–H groups in total. The highest BCUT2D eigenvalue weighted by molar-refractivity contribution is 7.89. The highest BCUT2D eigenvalue weighted by atomic mass is 32.2. The molecule has 1 aromatic heterocycles. The van der Waals surface area contributed by atoms with Crippen molar-refractivity contribution in [2.45, 2.75) is 30.8 Å². The van der Waals surface area contributed by atoms with Gasteiger partial charge in [-0.2, -0.15) is 9.40 Å². The molecule has 1 aliphatic heterocycles. The molecule has 0 aliphatic carbocycles. The largest absolute Gasteiger partial charge is 0.384 e. The molecule has 0 fully saturated rings. The Balaban J connectivity index is 1.96. The van der Waals surface area contributed by atoms with Gasteiger partial charge in [0.05, 0.1) is 17.2 Å². The third-order valence-corrected chi connectivity index (χ3v) is 5.93. The van der Waals surface area contributed by atoms with Crippen LogP contribution < -0.4 is 0 Å². The maximum absolute atomic E-state index is 12.9. The van der Waals surface area contributed by atoms with E-state index in [0.29, 0.717) is 24.6 Å². The lowest BCUT2D eigenvalue weighted by Crippen LogP contribution is -2.39. The predicted molar refractivity (Wildman–Crippen MR) is 86.6 cm³/mol. The summed E-state index contributed by atoms with van der Waals surface area (Å²) in [6.07, 6.45) is 1.94. The summed E-state index contributed by atoms with van der Waals surface area (Å²) in [5.41, 5.74) is 1.91. The summed E-state index contributed by atoms with van der Waals surface area (Å²) in [4.78, 5) is 0.322. The van der Waals surface area contributed by atoms with Crippen molar-refractivity contribution in [3.05, 3.63) is 47.8 Å². The molecule has 3 rings (SSSR count). The molecule has 2 heterocycles. The Morgan fingerprint density at radius 1 is 1.30 bits per heavy atom. The van der Waals surface area contributed by atoms with E-state index < -0.39 is 10.0 Å². The Hall–Kier alpha value is -1.70. The predicted octanol–water partition coefficient (Wildman–Crippen LogP) is 1.84. The summed E-state index contributed by atoms with van der Waals surface area (Å²) in [5, 5.41) is 4.57. The Bertz CT molecular complexity index is 771. The van der Waals surface area contributed by atoms with E-state index in [0.717, 1.165) is 17.8 Å². The molecule has 7 heteroatoms. The van der Waals surface area contributed by atoms with Gasteiger partial charge in [0, 0.05) is 44.4 Å². The quantitative estimate of drug-likeness (QED) is 0.836. The number of rotatable bonds is 5. The fourth-order valence-corrected chi connectivity index (χ4v) is 4.43. The number of aryl methyl sites for hydroxylation is 1. The van der Waals surface area contributed by atoms with E-state index in [1.807, 2.05) is 23.9 Å². The van der Waals surface area contributed by atoms with Gasteiger partial charge >= 0.3 is 0 Å². The maximum atomic E-state index is 12.9. The number of methoxy groups -OCH3 is 1. The number of hydrogen-bond donors (Lipinski definition) is 0. The maximum Gasteiger partial charge on any atom is 0.243 e. The molecular formula is C16H21N3O3S. The van der Waals surface area contributed by atoms with Crippen molar-refractivity contribution in [3.63, 3.8) is 0 Å². The third kappa shape index (κ3) is 3.04. The molecule has 0 spiro atoms. The van der Waals surface area contributed by atoms with E-state index in [1.54, 1.807) is 31.4 Å². The van der Waals surface area contributed by atoms with E-state index in [2.05, 4.69) is 5.10 Å². The van der Waals surface area contributed by atoms with Crippen molar-refractivity contribution in [1.29, 1.82) is 0 Å². The molecule has 6 nitrogen and oxygen atoms in total. The lowest BCUT2D eigenvalue weighted by molar-refractivity contribution is 0.161. The van der Waals surface area contributed by atoms with Gasteiger partial charge in [-0.3, -0.25) is 4.68 Å². The molecule has 0 unspecified atom stereocenters. The van der Waals surface area contributed by atoms with E-state index in [-0.39, 0.29) is 5.92 Å².